The number of hydrogen-bond acceptors (Lipinski definition) is 3. The van der Waals surface area contributed by atoms with Gasteiger partial charge in [0.1, 0.15) is 0 Å². The van der Waals surface area contributed by atoms with E-state index < -0.39 is 0 Å². The average molecular weight is 310 g/mol. The second kappa shape index (κ2) is 8.74. The Morgan fingerprint density at radius 2 is 1.76 bits per heavy atom. The Morgan fingerprint density at radius 1 is 1.10 bits per heavy atom. The summed E-state index contributed by atoms with van der Waals surface area (Å²) in [6.45, 7) is 12.5. The Hall–Kier alpha value is -0.610. The minimum absolute atomic E-state index is 0.355. The van der Waals surface area contributed by atoms with Gasteiger partial charge in [0, 0.05) is 43.8 Å². The summed E-state index contributed by atoms with van der Waals surface area (Å²) in [7, 11) is 0. The molecule has 1 aliphatic heterocycles. The summed E-state index contributed by atoms with van der Waals surface area (Å²) in [6, 6.07) is 8.56. The first-order chi connectivity index (χ1) is 10.2. The Labute approximate surface area is 134 Å². The van der Waals surface area contributed by atoms with Gasteiger partial charge in [-0.3, -0.25) is 0 Å². The third kappa shape index (κ3) is 4.96. The van der Waals surface area contributed by atoms with Crippen LogP contribution in [0.15, 0.2) is 24.3 Å². The predicted octanol–water partition coefficient (Wildman–Crippen LogP) is 3.02. The van der Waals surface area contributed by atoms with E-state index in [9.17, 15) is 0 Å². The number of benzene rings is 1. The van der Waals surface area contributed by atoms with Gasteiger partial charge >= 0.3 is 0 Å². The third-order valence-electron chi connectivity index (χ3n) is 4.38. The van der Waals surface area contributed by atoms with Crippen LogP contribution in [-0.2, 0) is 0 Å². The van der Waals surface area contributed by atoms with Gasteiger partial charge in [-0.15, -0.1) is 0 Å². The molecule has 1 heterocycles. The van der Waals surface area contributed by atoms with Crippen LogP contribution in [0.25, 0.3) is 0 Å². The molecule has 4 heteroatoms. The van der Waals surface area contributed by atoms with E-state index in [2.05, 4.69) is 41.1 Å². The topological polar surface area (TPSA) is 18.5 Å². The van der Waals surface area contributed by atoms with Crippen LogP contribution in [0.2, 0.25) is 5.02 Å². The van der Waals surface area contributed by atoms with Gasteiger partial charge in [0.2, 0.25) is 0 Å². The first kappa shape index (κ1) is 16.8. The van der Waals surface area contributed by atoms with E-state index in [-0.39, 0.29) is 0 Å². The van der Waals surface area contributed by atoms with Crippen molar-refractivity contribution in [3.63, 3.8) is 0 Å². The van der Waals surface area contributed by atoms with Crippen LogP contribution in [-0.4, -0.2) is 55.6 Å². The smallest absolute Gasteiger partial charge is 0.0453 e. The second-order valence-electron chi connectivity index (χ2n) is 5.70. The number of likely N-dealkylation sites (N-methyl/N-ethyl adjacent to an activating group) is 1. The van der Waals surface area contributed by atoms with E-state index in [1.807, 2.05) is 12.1 Å². The lowest BCUT2D eigenvalue weighted by molar-refractivity contribution is 0.133. The molecule has 1 saturated heterocycles. The molecule has 1 aliphatic rings. The largest absolute Gasteiger partial charge is 0.310 e. The maximum atomic E-state index is 6.35. The van der Waals surface area contributed by atoms with Gasteiger partial charge in [-0.05, 0) is 31.1 Å². The van der Waals surface area contributed by atoms with Gasteiger partial charge in [0.15, 0.2) is 0 Å². The molecule has 0 bridgehead atoms. The van der Waals surface area contributed by atoms with Crippen molar-refractivity contribution in [3.05, 3.63) is 34.9 Å². The van der Waals surface area contributed by atoms with Crippen LogP contribution >= 0.6 is 11.6 Å². The molecule has 1 unspecified atom stereocenters. The number of halogens is 1. The van der Waals surface area contributed by atoms with Crippen molar-refractivity contribution in [1.29, 1.82) is 0 Å². The molecule has 3 nitrogen and oxygen atoms in total. The predicted molar refractivity (Wildman–Crippen MR) is 91.0 cm³/mol. The molecule has 1 aromatic carbocycles. The highest BCUT2D eigenvalue weighted by Crippen LogP contribution is 2.25. The number of hydrogen-bond donors (Lipinski definition) is 1. The molecular formula is C17H28ClN3. The lowest BCUT2D eigenvalue weighted by atomic mass is 10.0. The van der Waals surface area contributed by atoms with Crippen LogP contribution in [0.1, 0.15) is 31.9 Å². The van der Waals surface area contributed by atoms with Gasteiger partial charge < -0.3 is 15.1 Å². The molecule has 1 fully saturated rings. The quantitative estimate of drug-likeness (QED) is 0.835. The number of nitrogens with zero attached hydrogens (tertiary/aromatic N) is 2. The fourth-order valence-electron chi connectivity index (χ4n) is 3.01. The SMILES string of the molecule is CCNC(CCN1CCN(CC)CC1)c1ccccc1Cl. The average Bonchev–Trinajstić information content (AvgIpc) is 2.53. The number of piperazine rings is 1. The molecule has 0 spiro atoms. The summed E-state index contributed by atoms with van der Waals surface area (Å²) in [5.74, 6) is 0. The van der Waals surface area contributed by atoms with Crippen molar-refractivity contribution in [3.8, 4) is 0 Å². The summed E-state index contributed by atoms with van der Waals surface area (Å²) in [5.41, 5.74) is 1.23. The van der Waals surface area contributed by atoms with E-state index in [0.29, 0.717) is 6.04 Å². The maximum absolute atomic E-state index is 6.35. The monoisotopic (exact) mass is 309 g/mol. The highest BCUT2D eigenvalue weighted by molar-refractivity contribution is 6.31. The van der Waals surface area contributed by atoms with Crippen LogP contribution in [0.5, 0.6) is 0 Å². The number of nitrogens with one attached hydrogen (secondary N) is 1. The van der Waals surface area contributed by atoms with Gasteiger partial charge in [0.25, 0.3) is 0 Å². The van der Waals surface area contributed by atoms with Crippen LogP contribution in [0.3, 0.4) is 0 Å². The minimum atomic E-state index is 0.355. The van der Waals surface area contributed by atoms with Gasteiger partial charge in [-0.1, -0.05) is 43.6 Å². The summed E-state index contributed by atoms with van der Waals surface area (Å²) < 4.78 is 0. The van der Waals surface area contributed by atoms with Crippen molar-refractivity contribution in [1.82, 2.24) is 15.1 Å². The van der Waals surface area contributed by atoms with Crippen LogP contribution in [0.4, 0.5) is 0 Å². The van der Waals surface area contributed by atoms with Crippen molar-refractivity contribution in [2.75, 3.05) is 45.8 Å². The standard InChI is InChI=1S/C17H28ClN3/c1-3-19-17(15-7-5-6-8-16(15)18)9-10-21-13-11-20(4-2)12-14-21/h5-8,17,19H,3-4,9-14H2,1-2H3. The van der Waals surface area contributed by atoms with Crippen molar-refractivity contribution in [2.24, 2.45) is 0 Å². The molecule has 1 aromatic rings. The van der Waals surface area contributed by atoms with Crippen molar-refractivity contribution < 1.29 is 0 Å². The van der Waals surface area contributed by atoms with Gasteiger partial charge in [-0.25, -0.2) is 0 Å². The zero-order valence-corrected chi connectivity index (χ0v) is 14.1. The highest BCUT2D eigenvalue weighted by Gasteiger charge is 2.18. The summed E-state index contributed by atoms with van der Waals surface area (Å²) in [6.07, 6.45) is 1.11. The lowest BCUT2D eigenvalue weighted by Gasteiger charge is -2.34. The minimum Gasteiger partial charge on any atom is -0.310 e. The van der Waals surface area contributed by atoms with E-state index in [0.717, 1.165) is 24.5 Å². The summed E-state index contributed by atoms with van der Waals surface area (Å²) in [4.78, 5) is 5.10. The normalized spacial score (nSPS) is 18.8. The maximum Gasteiger partial charge on any atom is 0.0453 e. The fourth-order valence-corrected chi connectivity index (χ4v) is 3.28. The first-order valence-corrected chi connectivity index (χ1v) is 8.55. The fraction of sp³-hybridized carbons (Fsp3) is 0.647. The highest BCUT2D eigenvalue weighted by atomic mass is 35.5. The molecule has 21 heavy (non-hydrogen) atoms. The Bertz CT molecular complexity index is 416. The van der Waals surface area contributed by atoms with Gasteiger partial charge in [0.05, 0.1) is 0 Å². The molecule has 1 N–H and O–H groups in total. The molecule has 0 radical (unpaired) electrons. The van der Waals surface area contributed by atoms with Crippen LogP contribution < -0.4 is 5.32 Å². The molecule has 0 saturated carbocycles. The Balaban J connectivity index is 1.88. The van der Waals surface area contributed by atoms with E-state index in [1.165, 1.54) is 38.3 Å². The van der Waals surface area contributed by atoms with E-state index >= 15 is 0 Å². The molecule has 1 atom stereocenters. The third-order valence-corrected chi connectivity index (χ3v) is 4.72. The van der Waals surface area contributed by atoms with Crippen molar-refractivity contribution >= 4 is 11.6 Å². The first-order valence-electron chi connectivity index (χ1n) is 8.17. The number of rotatable bonds is 7. The molecule has 0 amide bonds. The molecule has 0 aromatic heterocycles. The molecule has 2 rings (SSSR count). The Kier molecular flexibility index (Phi) is 6.97. The molecular weight excluding hydrogens is 282 g/mol. The summed E-state index contributed by atoms with van der Waals surface area (Å²) >= 11 is 6.35. The second-order valence-corrected chi connectivity index (χ2v) is 6.10. The summed E-state index contributed by atoms with van der Waals surface area (Å²) in [5, 5.41) is 4.45. The zero-order valence-electron chi connectivity index (χ0n) is 13.3. The zero-order chi connectivity index (χ0) is 15.1. The lowest BCUT2D eigenvalue weighted by Crippen LogP contribution is -2.46. The van der Waals surface area contributed by atoms with E-state index in [4.69, 9.17) is 11.6 Å². The molecule has 118 valence electrons. The van der Waals surface area contributed by atoms with Crippen molar-refractivity contribution in [2.45, 2.75) is 26.3 Å². The van der Waals surface area contributed by atoms with Crippen LogP contribution in [0, 0.1) is 0 Å². The molecule has 0 aliphatic carbocycles. The van der Waals surface area contributed by atoms with E-state index in [1.54, 1.807) is 0 Å². The Morgan fingerprint density at radius 3 is 2.38 bits per heavy atom. The van der Waals surface area contributed by atoms with Gasteiger partial charge in [-0.2, -0.15) is 0 Å².